The van der Waals surface area contributed by atoms with Crippen molar-refractivity contribution in [2.45, 2.75) is 19.8 Å². The number of rotatable bonds is 5. The number of ether oxygens (including phenoxy) is 1. The highest BCUT2D eigenvalue weighted by Crippen LogP contribution is 2.44. The molecule has 30 heavy (non-hydrogen) atoms. The van der Waals surface area contributed by atoms with Crippen LogP contribution < -0.4 is 11.1 Å². The Morgan fingerprint density at radius 3 is 2.27 bits per heavy atom. The van der Waals surface area contributed by atoms with Crippen LogP contribution in [0.3, 0.4) is 0 Å². The predicted octanol–water partition coefficient (Wildman–Crippen LogP) is 5.44. The van der Waals surface area contributed by atoms with Gasteiger partial charge in [-0.05, 0) is 58.9 Å². The summed E-state index contributed by atoms with van der Waals surface area (Å²) in [7, 11) is 0. The Kier molecular flexibility index (Phi) is 5.57. The van der Waals surface area contributed by atoms with E-state index in [1.807, 2.05) is 62.4 Å². The number of nitrogen functional groups attached to an aromatic ring is 1. The number of alkyl carbamates (subject to hydrolysis) is 1. The van der Waals surface area contributed by atoms with Crippen LogP contribution in [0, 0.1) is 13.8 Å². The fourth-order valence-corrected chi connectivity index (χ4v) is 4.02. The molecule has 0 fully saturated rings. The van der Waals surface area contributed by atoms with E-state index in [4.69, 9.17) is 10.5 Å². The first-order chi connectivity index (χ1) is 14.6. The second-order valence-corrected chi connectivity index (χ2v) is 7.60. The van der Waals surface area contributed by atoms with E-state index in [1.165, 1.54) is 22.3 Å². The van der Waals surface area contributed by atoms with Gasteiger partial charge >= 0.3 is 6.09 Å². The molecule has 3 aromatic rings. The Hall–Kier alpha value is -3.53. The normalized spacial score (nSPS) is 12.6. The van der Waals surface area contributed by atoms with E-state index in [0.717, 1.165) is 22.4 Å². The highest BCUT2D eigenvalue weighted by atomic mass is 16.5. The van der Waals surface area contributed by atoms with Gasteiger partial charge in [0.2, 0.25) is 0 Å². The monoisotopic (exact) mass is 398 g/mol. The maximum Gasteiger partial charge on any atom is 0.407 e. The van der Waals surface area contributed by atoms with Crippen LogP contribution >= 0.6 is 0 Å². The van der Waals surface area contributed by atoms with Gasteiger partial charge < -0.3 is 15.8 Å². The molecule has 4 rings (SSSR count). The van der Waals surface area contributed by atoms with Gasteiger partial charge in [0.25, 0.3) is 0 Å². The lowest BCUT2D eigenvalue weighted by Crippen LogP contribution is -2.26. The Balaban J connectivity index is 1.34. The number of hydrogen-bond donors (Lipinski definition) is 2. The molecule has 0 aliphatic heterocycles. The molecule has 3 N–H and O–H groups in total. The Bertz CT molecular complexity index is 1070. The van der Waals surface area contributed by atoms with Gasteiger partial charge in [0, 0.05) is 18.2 Å². The largest absolute Gasteiger partial charge is 0.449 e. The molecule has 1 amide bonds. The van der Waals surface area contributed by atoms with E-state index in [1.54, 1.807) is 0 Å². The SMILES string of the molecule is Cc1c(N)ccc(C=CCNC(=O)OCC2c3ccccc3-c3ccccc32)c1C. The lowest BCUT2D eigenvalue weighted by atomic mass is 9.98. The van der Waals surface area contributed by atoms with Crippen LogP contribution in [0.2, 0.25) is 0 Å². The Morgan fingerprint density at radius 2 is 1.60 bits per heavy atom. The van der Waals surface area contributed by atoms with Crippen LogP contribution in [0.25, 0.3) is 17.2 Å². The molecular formula is C26H26N2O2. The van der Waals surface area contributed by atoms with Crippen molar-refractivity contribution in [3.05, 3.63) is 94.6 Å². The third-order valence-corrected chi connectivity index (χ3v) is 5.88. The quantitative estimate of drug-likeness (QED) is 0.563. The van der Waals surface area contributed by atoms with Gasteiger partial charge in [0.1, 0.15) is 6.61 Å². The summed E-state index contributed by atoms with van der Waals surface area (Å²) in [6.07, 6.45) is 3.50. The topological polar surface area (TPSA) is 64.3 Å². The van der Waals surface area contributed by atoms with E-state index >= 15 is 0 Å². The van der Waals surface area contributed by atoms with Crippen LogP contribution in [0.1, 0.15) is 33.7 Å². The zero-order valence-corrected chi connectivity index (χ0v) is 17.3. The second kappa shape index (κ2) is 8.46. The third kappa shape index (κ3) is 3.81. The van der Waals surface area contributed by atoms with Crippen LogP contribution in [0.4, 0.5) is 10.5 Å². The predicted molar refractivity (Wildman–Crippen MR) is 122 cm³/mol. The van der Waals surface area contributed by atoms with Crippen LogP contribution in [-0.2, 0) is 4.74 Å². The van der Waals surface area contributed by atoms with Crippen molar-refractivity contribution in [3.8, 4) is 11.1 Å². The lowest BCUT2D eigenvalue weighted by Gasteiger charge is -2.14. The zero-order valence-electron chi connectivity index (χ0n) is 17.3. The smallest absolute Gasteiger partial charge is 0.407 e. The van der Waals surface area contributed by atoms with E-state index in [2.05, 4.69) is 29.6 Å². The molecule has 0 aromatic heterocycles. The van der Waals surface area contributed by atoms with Gasteiger partial charge in [-0.2, -0.15) is 0 Å². The third-order valence-electron chi connectivity index (χ3n) is 5.88. The van der Waals surface area contributed by atoms with Crippen molar-refractivity contribution >= 4 is 17.9 Å². The minimum Gasteiger partial charge on any atom is -0.449 e. The molecule has 1 aliphatic carbocycles. The summed E-state index contributed by atoms with van der Waals surface area (Å²) < 4.78 is 5.55. The molecule has 0 unspecified atom stereocenters. The molecule has 4 nitrogen and oxygen atoms in total. The molecule has 0 saturated heterocycles. The van der Waals surface area contributed by atoms with Crippen molar-refractivity contribution in [1.29, 1.82) is 0 Å². The van der Waals surface area contributed by atoms with Crippen molar-refractivity contribution < 1.29 is 9.53 Å². The molecule has 0 atom stereocenters. The molecule has 0 radical (unpaired) electrons. The van der Waals surface area contributed by atoms with Gasteiger partial charge in [-0.1, -0.05) is 66.7 Å². The van der Waals surface area contributed by atoms with E-state index in [-0.39, 0.29) is 5.92 Å². The van der Waals surface area contributed by atoms with Crippen LogP contribution in [0.15, 0.2) is 66.7 Å². The molecule has 3 aromatic carbocycles. The van der Waals surface area contributed by atoms with Crippen LogP contribution in [0.5, 0.6) is 0 Å². The fourth-order valence-electron chi connectivity index (χ4n) is 4.02. The summed E-state index contributed by atoms with van der Waals surface area (Å²) in [6, 6.07) is 20.5. The number of carbonyl (C=O) groups is 1. The molecule has 0 saturated carbocycles. The number of benzene rings is 3. The summed E-state index contributed by atoms with van der Waals surface area (Å²) >= 11 is 0. The number of carbonyl (C=O) groups excluding carboxylic acids is 1. The first kappa shape index (κ1) is 19.8. The van der Waals surface area contributed by atoms with E-state index in [9.17, 15) is 4.79 Å². The standard InChI is InChI=1S/C26H26N2O2/c1-17-18(2)25(27)14-13-19(17)8-7-15-28-26(29)30-16-24-22-11-5-3-9-20(22)21-10-4-6-12-23(21)24/h3-14,24H,15-16,27H2,1-2H3,(H,28,29). The molecule has 152 valence electrons. The summed E-state index contributed by atoms with van der Waals surface area (Å²) in [5, 5.41) is 2.80. The van der Waals surface area contributed by atoms with Crippen molar-refractivity contribution in [2.75, 3.05) is 18.9 Å². The van der Waals surface area contributed by atoms with Gasteiger partial charge in [-0.15, -0.1) is 0 Å². The van der Waals surface area contributed by atoms with Crippen molar-refractivity contribution in [3.63, 3.8) is 0 Å². The van der Waals surface area contributed by atoms with E-state index in [0.29, 0.717) is 13.2 Å². The Labute approximate surface area is 177 Å². The van der Waals surface area contributed by atoms with Gasteiger partial charge in [-0.25, -0.2) is 4.79 Å². The first-order valence-electron chi connectivity index (χ1n) is 10.2. The maximum atomic E-state index is 12.2. The molecule has 1 aliphatic rings. The number of fused-ring (bicyclic) bond motifs is 3. The lowest BCUT2D eigenvalue weighted by molar-refractivity contribution is 0.144. The molecule has 0 spiro atoms. The highest BCUT2D eigenvalue weighted by molar-refractivity contribution is 5.79. The Morgan fingerprint density at radius 1 is 0.967 bits per heavy atom. The average molecular weight is 399 g/mol. The van der Waals surface area contributed by atoms with Crippen molar-refractivity contribution in [2.24, 2.45) is 0 Å². The fraction of sp³-hybridized carbons (Fsp3) is 0.192. The maximum absolute atomic E-state index is 12.2. The molecule has 0 bridgehead atoms. The number of anilines is 1. The average Bonchev–Trinajstić information content (AvgIpc) is 3.09. The first-order valence-corrected chi connectivity index (χ1v) is 10.2. The number of nitrogens with two attached hydrogens (primary N) is 1. The minimum atomic E-state index is -0.410. The molecule has 4 heteroatoms. The number of amides is 1. The summed E-state index contributed by atoms with van der Waals surface area (Å²) in [5.41, 5.74) is 14.9. The second-order valence-electron chi connectivity index (χ2n) is 7.60. The summed E-state index contributed by atoms with van der Waals surface area (Å²) in [5.74, 6) is 0.0686. The number of hydrogen-bond acceptors (Lipinski definition) is 3. The summed E-state index contributed by atoms with van der Waals surface area (Å²) in [6.45, 7) is 4.78. The molecule has 0 heterocycles. The van der Waals surface area contributed by atoms with Crippen LogP contribution in [-0.4, -0.2) is 19.2 Å². The zero-order chi connectivity index (χ0) is 21.1. The summed E-state index contributed by atoms with van der Waals surface area (Å²) in [4.78, 5) is 12.2. The van der Waals surface area contributed by atoms with E-state index < -0.39 is 6.09 Å². The van der Waals surface area contributed by atoms with Gasteiger partial charge in [-0.3, -0.25) is 0 Å². The van der Waals surface area contributed by atoms with Crippen molar-refractivity contribution in [1.82, 2.24) is 5.32 Å². The van der Waals surface area contributed by atoms with Gasteiger partial charge in [0.15, 0.2) is 0 Å². The van der Waals surface area contributed by atoms with Gasteiger partial charge in [0.05, 0.1) is 0 Å². The molecular weight excluding hydrogens is 372 g/mol. The number of nitrogens with one attached hydrogen (secondary N) is 1. The minimum absolute atomic E-state index is 0.0686. The highest BCUT2D eigenvalue weighted by Gasteiger charge is 2.28.